The number of H-pyrrole nitrogens is 1. The van der Waals surface area contributed by atoms with E-state index in [2.05, 4.69) is 24.9 Å². The fraction of sp³-hybridized carbons (Fsp3) is 0.167. The molecule has 3 rings (SSSR count). The highest BCUT2D eigenvalue weighted by Gasteiger charge is 2.10. The highest BCUT2D eigenvalue weighted by molar-refractivity contribution is 7.99. The summed E-state index contributed by atoms with van der Waals surface area (Å²) in [6.07, 6.45) is 3.45. The summed E-state index contributed by atoms with van der Waals surface area (Å²) in [5.41, 5.74) is 1.93. The summed E-state index contributed by atoms with van der Waals surface area (Å²) in [5, 5.41) is 2.58. The average molecular weight is 257 g/mol. The maximum absolute atomic E-state index is 4.46. The van der Waals surface area contributed by atoms with Gasteiger partial charge in [-0.15, -0.1) is 0 Å². The van der Waals surface area contributed by atoms with Gasteiger partial charge in [-0.2, -0.15) is 0 Å². The number of hydrogen-bond donors (Lipinski definition) is 1. The second kappa shape index (κ2) is 4.38. The van der Waals surface area contributed by atoms with Gasteiger partial charge in [0.2, 0.25) is 0 Å². The van der Waals surface area contributed by atoms with Gasteiger partial charge in [-0.1, -0.05) is 0 Å². The monoisotopic (exact) mass is 257 g/mol. The number of rotatable bonds is 2. The third kappa shape index (κ3) is 2.06. The number of nitrogens with zero attached hydrogens (tertiary/aromatic N) is 4. The topological polar surface area (TPSA) is 67.3 Å². The molecule has 0 unspecified atom stereocenters. The first kappa shape index (κ1) is 11.2. The number of aromatic amines is 1. The second-order valence-corrected chi connectivity index (χ2v) is 4.88. The summed E-state index contributed by atoms with van der Waals surface area (Å²) in [4.78, 5) is 20.5. The van der Waals surface area contributed by atoms with E-state index in [4.69, 9.17) is 0 Å². The summed E-state index contributed by atoms with van der Waals surface area (Å²) in [7, 11) is 0. The zero-order chi connectivity index (χ0) is 12.5. The van der Waals surface area contributed by atoms with Gasteiger partial charge in [0.15, 0.2) is 5.16 Å². The van der Waals surface area contributed by atoms with Crippen LogP contribution >= 0.6 is 11.8 Å². The van der Waals surface area contributed by atoms with E-state index in [0.29, 0.717) is 5.16 Å². The van der Waals surface area contributed by atoms with Crippen LogP contribution in [0.5, 0.6) is 0 Å². The largest absolute Gasteiger partial charge is 0.343 e. The Balaban J connectivity index is 2.10. The van der Waals surface area contributed by atoms with E-state index in [1.807, 2.05) is 19.9 Å². The number of fused-ring (bicyclic) bond motifs is 1. The summed E-state index contributed by atoms with van der Waals surface area (Å²) in [5.74, 6) is 0.739. The van der Waals surface area contributed by atoms with Crippen molar-refractivity contribution in [2.75, 3.05) is 0 Å². The van der Waals surface area contributed by atoms with Gasteiger partial charge < -0.3 is 4.98 Å². The molecule has 90 valence electrons. The molecule has 18 heavy (non-hydrogen) atoms. The lowest BCUT2D eigenvalue weighted by molar-refractivity contribution is 0.952. The Kier molecular flexibility index (Phi) is 2.71. The van der Waals surface area contributed by atoms with E-state index >= 15 is 0 Å². The van der Waals surface area contributed by atoms with E-state index in [9.17, 15) is 0 Å². The van der Waals surface area contributed by atoms with Crippen LogP contribution in [-0.4, -0.2) is 24.9 Å². The van der Waals surface area contributed by atoms with Gasteiger partial charge in [-0.3, -0.25) is 0 Å². The third-order valence-corrected chi connectivity index (χ3v) is 3.33. The molecular weight excluding hydrogens is 246 g/mol. The van der Waals surface area contributed by atoms with Crippen LogP contribution in [0.2, 0.25) is 0 Å². The maximum Gasteiger partial charge on any atom is 0.193 e. The van der Waals surface area contributed by atoms with Crippen LogP contribution in [0.25, 0.3) is 11.0 Å². The summed E-state index contributed by atoms with van der Waals surface area (Å²) < 4.78 is 0. The van der Waals surface area contributed by atoms with Gasteiger partial charge in [0.1, 0.15) is 16.5 Å². The fourth-order valence-electron chi connectivity index (χ4n) is 1.72. The van der Waals surface area contributed by atoms with Crippen LogP contribution in [0.4, 0.5) is 0 Å². The Hall–Kier alpha value is -1.95. The highest BCUT2D eigenvalue weighted by atomic mass is 32.2. The summed E-state index contributed by atoms with van der Waals surface area (Å²) in [6.45, 7) is 3.88. The van der Waals surface area contributed by atoms with E-state index in [-0.39, 0.29) is 0 Å². The van der Waals surface area contributed by atoms with E-state index in [1.165, 1.54) is 11.8 Å². The van der Waals surface area contributed by atoms with Crippen LogP contribution in [0.3, 0.4) is 0 Å². The van der Waals surface area contributed by atoms with Crippen molar-refractivity contribution < 1.29 is 0 Å². The second-order valence-electron chi connectivity index (χ2n) is 3.92. The van der Waals surface area contributed by atoms with Gasteiger partial charge in [0.25, 0.3) is 0 Å². The first-order valence-corrected chi connectivity index (χ1v) is 6.33. The normalized spacial score (nSPS) is 11.0. The Morgan fingerprint density at radius 2 is 1.89 bits per heavy atom. The molecule has 0 spiro atoms. The molecule has 0 amide bonds. The molecule has 0 aromatic carbocycles. The minimum absolute atomic E-state index is 0.691. The minimum Gasteiger partial charge on any atom is -0.343 e. The van der Waals surface area contributed by atoms with Crippen molar-refractivity contribution in [1.29, 1.82) is 0 Å². The third-order valence-electron chi connectivity index (χ3n) is 2.43. The van der Waals surface area contributed by atoms with Crippen molar-refractivity contribution in [2.45, 2.75) is 24.0 Å². The Bertz CT molecular complexity index is 692. The molecule has 0 aliphatic heterocycles. The van der Waals surface area contributed by atoms with Crippen LogP contribution in [0.1, 0.15) is 11.5 Å². The van der Waals surface area contributed by atoms with Gasteiger partial charge in [-0.05, 0) is 37.7 Å². The van der Waals surface area contributed by atoms with Crippen molar-refractivity contribution in [3.8, 4) is 0 Å². The zero-order valence-corrected chi connectivity index (χ0v) is 10.8. The summed E-state index contributed by atoms with van der Waals surface area (Å²) >= 11 is 1.45. The number of hydrogen-bond acceptors (Lipinski definition) is 5. The Morgan fingerprint density at radius 3 is 2.67 bits per heavy atom. The van der Waals surface area contributed by atoms with Crippen molar-refractivity contribution >= 4 is 22.8 Å². The van der Waals surface area contributed by atoms with Crippen molar-refractivity contribution in [1.82, 2.24) is 24.9 Å². The average Bonchev–Trinajstić information content (AvgIpc) is 2.71. The lowest BCUT2D eigenvalue weighted by atomic mass is 10.4. The van der Waals surface area contributed by atoms with E-state index < -0.39 is 0 Å². The summed E-state index contributed by atoms with van der Waals surface area (Å²) in [6, 6.07) is 3.84. The molecular formula is C12H11N5S. The molecule has 3 aromatic heterocycles. The number of aryl methyl sites for hydroxylation is 2. The zero-order valence-electron chi connectivity index (χ0n) is 10.0. The minimum atomic E-state index is 0.691. The van der Waals surface area contributed by atoms with Gasteiger partial charge >= 0.3 is 0 Å². The molecule has 0 bridgehead atoms. The lowest BCUT2D eigenvalue weighted by Crippen LogP contribution is -1.92. The number of aromatic nitrogens is 5. The van der Waals surface area contributed by atoms with Crippen LogP contribution in [0.15, 0.2) is 34.7 Å². The van der Waals surface area contributed by atoms with Gasteiger partial charge in [0, 0.05) is 18.1 Å². The molecule has 0 fully saturated rings. The molecule has 0 aliphatic rings. The predicted molar refractivity (Wildman–Crippen MR) is 69.5 cm³/mol. The van der Waals surface area contributed by atoms with Crippen molar-refractivity contribution in [2.24, 2.45) is 0 Å². The molecule has 0 radical (unpaired) electrons. The number of nitrogens with one attached hydrogen (secondary N) is 1. The smallest absolute Gasteiger partial charge is 0.193 e. The molecule has 0 atom stereocenters. The lowest BCUT2D eigenvalue weighted by Gasteiger charge is -2.01. The SMILES string of the molecule is Cc1nc(Sc2ncccn2)c2cc(C)[nH]c2n1. The Morgan fingerprint density at radius 1 is 1.11 bits per heavy atom. The standard InChI is InChI=1S/C12H11N5S/c1-7-6-9-10(15-7)16-8(2)17-11(9)18-12-13-4-3-5-14-12/h3-6H,1-2H3,(H,15,16,17). The van der Waals surface area contributed by atoms with E-state index in [1.54, 1.807) is 18.5 Å². The van der Waals surface area contributed by atoms with Crippen molar-refractivity contribution in [3.63, 3.8) is 0 Å². The Labute approximate surface area is 108 Å². The van der Waals surface area contributed by atoms with Crippen LogP contribution in [0, 0.1) is 13.8 Å². The first-order chi connectivity index (χ1) is 8.72. The maximum atomic E-state index is 4.46. The van der Waals surface area contributed by atoms with E-state index in [0.717, 1.165) is 27.6 Å². The highest BCUT2D eigenvalue weighted by Crippen LogP contribution is 2.29. The molecule has 0 aliphatic carbocycles. The molecule has 6 heteroatoms. The molecule has 5 nitrogen and oxygen atoms in total. The molecule has 3 aromatic rings. The molecule has 3 heterocycles. The molecule has 0 saturated carbocycles. The first-order valence-electron chi connectivity index (χ1n) is 5.51. The molecule has 1 N–H and O–H groups in total. The van der Waals surface area contributed by atoms with Gasteiger partial charge in [0.05, 0.1) is 5.39 Å². The van der Waals surface area contributed by atoms with Crippen molar-refractivity contribution in [3.05, 3.63) is 36.0 Å². The molecule has 0 saturated heterocycles. The predicted octanol–water partition coefficient (Wildman–Crippen LogP) is 2.52. The van der Waals surface area contributed by atoms with Gasteiger partial charge in [-0.25, -0.2) is 19.9 Å². The quantitative estimate of drug-likeness (QED) is 0.564. The fourth-order valence-corrected chi connectivity index (χ4v) is 2.57. The van der Waals surface area contributed by atoms with Crippen LogP contribution in [-0.2, 0) is 0 Å². The van der Waals surface area contributed by atoms with Crippen LogP contribution < -0.4 is 0 Å².